The molecule has 0 amide bonds. The van der Waals surface area contributed by atoms with Gasteiger partial charge in [-0.2, -0.15) is 4.98 Å². The van der Waals surface area contributed by atoms with Gasteiger partial charge < -0.3 is 25.6 Å². The Hall–Kier alpha value is -2.61. The second kappa shape index (κ2) is 11.0. The first-order valence-electron chi connectivity index (χ1n) is 12.0. The standard InChI is InChI=1S/C25H36N6OS/c1-31(2)23-20-9-5-6-10-21(20)29-24(30-23)27-18-12-14-19(15-13-18)28-25(33)26-16-17-8-4-7-11-22(17)32-3/h4,7-8,11,18-19H,5-6,9-10,12-16H2,1-3H3,(H2,26,28,33)(H,27,29,30). The van der Waals surface area contributed by atoms with Crippen molar-refractivity contribution in [3.63, 3.8) is 0 Å². The molecule has 2 aliphatic carbocycles. The minimum atomic E-state index is 0.391. The summed E-state index contributed by atoms with van der Waals surface area (Å²) in [5.74, 6) is 2.73. The lowest BCUT2D eigenvalue weighted by molar-refractivity contribution is 0.385. The molecule has 1 saturated carbocycles. The Balaban J connectivity index is 1.26. The molecular weight excluding hydrogens is 432 g/mol. The zero-order chi connectivity index (χ0) is 23.2. The molecule has 1 aromatic heterocycles. The van der Waals surface area contributed by atoms with E-state index in [-0.39, 0.29) is 0 Å². The first-order valence-corrected chi connectivity index (χ1v) is 12.4. The van der Waals surface area contributed by atoms with Crippen LogP contribution < -0.4 is 25.6 Å². The number of nitrogens with one attached hydrogen (secondary N) is 3. The van der Waals surface area contributed by atoms with Crippen LogP contribution in [0.25, 0.3) is 0 Å². The van der Waals surface area contributed by atoms with Gasteiger partial charge in [0.1, 0.15) is 11.6 Å². The average Bonchev–Trinajstić information content (AvgIpc) is 2.83. The summed E-state index contributed by atoms with van der Waals surface area (Å²) >= 11 is 5.54. The number of anilines is 2. The van der Waals surface area contributed by atoms with Crippen molar-refractivity contribution in [2.75, 3.05) is 31.4 Å². The number of hydrogen-bond donors (Lipinski definition) is 3. The maximum atomic E-state index is 5.54. The lowest BCUT2D eigenvalue weighted by atomic mass is 9.91. The fourth-order valence-electron chi connectivity index (χ4n) is 4.83. The number of methoxy groups -OCH3 is 1. The molecule has 3 N–H and O–H groups in total. The third-order valence-corrected chi connectivity index (χ3v) is 6.87. The predicted octanol–water partition coefficient (Wildman–Crippen LogP) is 3.82. The lowest BCUT2D eigenvalue weighted by Crippen LogP contribution is -2.44. The largest absolute Gasteiger partial charge is 0.496 e. The number of thiocarbonyl (C=S) groups is 1. The Morgan fingerprint density at radius 3 is 2.55 bits per heavy atom. The van der Waals surface area contributed by atoms with Crippen LogP contribution in [0, 0.1) is 0 Å². The predicted molar refractivity (Wildman–Crippen MR) is 138 cm³/mol. The monoisotopic (exact) mass is 468 g/mol. The number of para-hydroxylation sites is 1. The molecule has 0 radical (unpaired) electrons. The van der Waals surface area contributed by atoms with E-state index in [1.165, 1.54) is 24.1 Å². The molecule has 8 heteroatoms. The summed E-state index contributed by atoms with van der Waals surface area (Å²) in [6, 6.07) is 8.79. The topological polar surface area (TPSA) is 74.3 Å². The molecule has 1 fully saturated rings. The Morgan fingerprint density at radius 2 is 1.79 bits per heavy atom. The fraction of sp³-hybridized carbons (Fsp3) is 0.560. The van der Waals surface area contributed by atoms with Crippen LogP contribution in [0.3, 0.4) is 0 Å². The van der Waals surface area contributed by atoms with Gasteiger partial charge in [-0.05, 0) is 69.7 Å². The van der Waals surface area contributed by atoms with Crippen LogP contribution in [0.5, 0.6) is 5.75 Å². The summed E-state index contributed by atoms with van der Waals surface area (Å²) in [5, 5.41) is 11.1. The van der Waals surface area contributed by atoms with Gasteiger partial charge in [0.15, 0.2) is 5.11 Å². The molecule has 0 aliphatic heterocycles. The van der Waals surface area contributed by atoms with Gasteiger partial charge in [-0.1, -0.05) is 18.2 Å². The van der Waals surface area contributed by atoms with E-state index in [1.807, 2.05) is 18.2 Å². The van der Waals surface area contributed by atoms with Crippen molar-refractivity contribution < 1.29 is 4.74 Å². The number of aromatic nitrogens is 2. The highest BCUT2D eigenvalue weighted by Gasteiger charge is 2.24. The van der Waals surface area contributed by atoms with Crippen molar-refractivity contribution in [3.8, 4) is 5.75 Å². The first-order chi connectivity index (χ1) is 16.0. The Kier molecular flexibility index (Phi) is 7.85. The summed E-state index contributed by atoms with van der Waals surface area (Å²) in [4.78, 5) is 11.9. The molecule has 33 heavy (non-hydrogen) atoms. The van der Waals surface area contributed by atoms with E-state index in [9.17, 15) is 0 Å². The molecule has 2 aromatic rings. The Morgan fingerprint density at radius 1 is 1.06 bits per heavy atom. The zero-order valence-electron chi connectivity index (χ0n) is 20.0. The van der Waals surface area contributed by atoms with Crippen molar-refractivity contribution >= 4 is 29.1 Å². The summed E-state index contributed by atoms with van der Waals surface area (Å²) in [6.07, 6.45) is 8.89. The fourth-order valence-corrected chi connectivity index (χ4v) is 5.07. The van der Waals surface area contributed by atoms with Gasteiger partial charge in [0, 0.05) is 43.9 Å². The van der Waals surface area contributed by atoms with E-state index >= 15 is 0 Å². The number of benzene rings is 1. The minimum Gasteiger partial charge on any atom is -0.496 e. The maximum Gasteiger partial charge on any atom is 0.225 e. The Labute approximate surface area is 202 Å². The van der Waals surface area contributed by atoms with Gasteiger partial charge in [-0.15, -0.1) is 0 Å². The second-order valence-corrected chi connectivity index (χ2v) is 9.64. The molecule has 178 valence electrons. The smallest absolute Gasteiger partial charge is 0.225 e. The minimum absolute atomic E-state index is 0.391. The van der Waals surface area contributed by atoms with Crippen LogP contribution in [0.15, 0.2) is 24.3 Å². The first kappa shape index (κ1) is 23.5. The summed E-state index contributed by atoms with van der Waals surface area (Å²) in [6.45, 7) is 0.649. The van der Waals surface area contributed by atoms with Crippen molar-refractivity contribution in [1.82, 2.24) is 20.6 Å². The average molecular weight is 469 g/mol. The molecule has 0 spiro atoms. The number of nitrogens with zero attached hydrogens (tertiary/aromatic N) is 3. The van der Waals surface area contributed by atoms with Gasteiger partial charge >= 0.3 is 0 Å². The van der Waals surface area contributed by atoms with Crippen molar-refractivity contribution in [3.05, 3.63) is 41.1 Å². The van der Waals surface area contributed by atoms with Gasteiger partial charge in [0.25, 0.3) is 0 Å². The van der Waals surface area contributed by atoms with Crippen LogP contribution in [-0.4, -0.2) is 48.4 Å². The number of ether oxygens (including phenoxy) is 1. The van der Waals surface area contributed by atoms with Gasteiger partial charge in [-0.25, -0.2) is 4.98 Å². The van der Waals surface area contributed by atoms with Crippen LogP contribution in [0.4, 0.5) is 11.8 Å². The molecule has 0 unspecified atom stereocenters. The van der Waals surface area contributed by atoms with Crippen LogP contribution in [0.2, 0.25) is 0 Å². The highest BCUT2D eigenvalue weighted by Crippen LogP contribution is 2.29. The molecule has 4 rings (SSSR count). The van der Waals surface area contributed by atoms with Crippen molar-refractivity contribution in [1.29, 1.82) is 0 Å². The highest BCUT2D eigenvalue weighted by molar-refractivity contribution is 7.80. The molecule has 0 atom stereocenters. The normalized spacial score (nSPS) is 19.8. The number of fused-ring (bicyclic) bond motifs is 1. The van der Waals surface area contributed by atoms with E-state index in [0.29, 0.717) is 23.7 Å². The van der Waals surface area contributed by atoms with Gasteiger partial charge in [-0.3, -0.25) is 0 Å². The SMILES string of the molecule is COc1ccccc1CNC(=S)NC1CCC(Nc2nc3c(c(N(C)C)n2)CCCC3)CC1. The van der Waals surface area contributed by atoms with Crippen molar-refractivity contribution in [2.24, 2.45) is 0 Å². The zero-order valence-corrected chi connectivity index (χ0v) is 20.8. The van der Waals surface area contributed by atoms with E-state index < -0.39 is 0 Å². The quantitative estimate of drug-likeness (QED) is 0.530. The van der Waals surface area contributed by atoms with Crippen LogP contribution >= 0.6 is 12.2 Å². The van der Waals surface area contributed by atoms with E-state index in [2.05, 4.69) is 41.0 Å². The maximum absolute atomic E-state index is 5.54. The third kappa shape index (κ3) is 6.05. The van der Waals surface area contributed by atoms with Gasteiger partial charge in [0.2, 0.25) is 5.95 Å². The lowest BCUT2D eigenvalue weighted by Gasteiger charge is -2.31. The molecule has 1 aromatic carbocycles. The Bertz CT molecular complexity index is 958. The van der Waals surface area contributed by atoms with Crippen LogP contribution in [-0.2, 0) is 19.4 Å². The van der Waals surface area contributed by atoms with Gasteiger partial charge in [0.05, 0.1) is 12.8 Å². The number of aryl methyl sites for hydroxylation is 1. The molecule has 0 saturated heterocycles. The molecular formula is C25H36N6OS. The molecule has 2 aliphatic rings. The second-order valence-electron chi connectivity index (χ2n) is 9.23. The summed E-state index contributed by atoms with van der Waals surface area (Å²) in [7, 11) is 5.84. The summed E-state index contributed by atoms with van der Waals surface area (Å²) < 4.78 is 5.42. The number of rotatable bonds is 7. The molecule has 0 bridgehead atoms. The summed E-state index contributed by atoms with van der Waals surface area (Å²) in [5.41, 5.74) is 3.65. The van der Waals surface area contributed by atoms with E-state index in [4.69, 9.17) is 26.9 Å². The van der Waals surface area contributed by atoms with E-state index in [1.54, 1.807) is 7.11 Å². The highest BCUT2D eigenvalue weighted by atomic mass is 32.1. The molecule has 7 nitrogen and oxygen atoms in total. The van der Waals surface area contributed by atoms with Crippen molar-refractivity contribution in [2.45, 2.75) is 70.0 Å². The molecule has 1 heterocycles. The third-order valence-electron chi connectivity index (χ3n) is 6.61. The van der Waals surface area contributed by atoms with E-state index in [0.717, 1.165) is 61.6 Å². The number of hydrogen-bond acceptors (Lipinski definition) is 6. The van der Waals surface area contributed by atoms with Crippen LogP contribution in [0.1, 0.15) is 55.3 Å².